The number of hydrogen-bond donors (Lipinski definition) is 1. The van der Waals surface area contributed by atoms with Gasteiger partial charge in [0.2, 0.25) is 0 Å². The summed E-state index contributed by atoms with van der Waals surface area (Å²) in [5.74, 6) is 0. The van der Waals surface area contributed by atoms with Gasteiger partial charge in [0.1, 0.15) is 26.2 Å². The van der Waals surface area contributed by atoms with E-state index in [0.29, 0.717) is 0 Å². The van der Waals surface area contributed by atoms with Crippen molar-refractivity contribution in [3.63, 3.8) is 0 Å². The molecule has 2 rings (SSSR count). The maximum absolute atomic E-state index is 10.5. The molecule has 21 heavy (non-hydrogen) atoms. The Labute approximate surface area is 128 Å². The first-order valence-corrected chi connectivity index (χ1v) is 8.54. The molecule has 1 saturated heterocycles. The molecule has 0 atom stereocenters. The molecule has 0 bridgehead atoms. The summed E-state index contributed by atoms with van der Waals surface area (Å²) in [6.07, 6.45) is 0. The molecule has 1 N–H and O–H groups in total. The Balaban J connectivity index is 0.000000211. The fourth-order valence-electron chi connectivity index (χ4n) is 2.02. The van der Waals surface area contributed by atoms with E-state index >= 15 is 0 Å². The number of rotatable bonds is 1. The molecule has 120 valence electrons. The van der Waals surface area contributed by atoms with E-state index in [1.807, 2.05) is 6.92 Å². The first-order chi connectivity index (χ1) is 9.41. The molecule has 0 amide bonds. The van der Waals surface area contributed by atoms with Gasteiger partial charge in [-0.05, 0) is 19.1 Å². The lowest BCUT2D eigenvalue weighted by Crippen LogP contribution is -2.60. The fraction of sp³-hybridized carbons (Fsp3) is 0.600. The van der Waals surface area contributed by atoms with Crippen LogP contribution in [0.25, 0.3) is 0 Å². The third kappa shape index (κ3) is 6.56. The predicted octanol–water partition coefficient (Wildman–Crippen LogP) is 1.39. The largest absolute Gasteiger partial charge is 0.319 e. The molecule has 0 spiro atoms. The van der Waals surface area contributed by atoms with Gasteiger partial charge in [-0.3, -0.25) is 4.55 Å². The van der Waals surface area contributed by atoms with Crippen molar-refractivity contribution in [2.75, 3.05) is 54.4 Å². The van der Waals surface area contributed by atoms with Crippen LogP contribution >= 0.6 is 0 Å². The number of aryl methyl sites for hydroxylation is 1. The van der Waals surface area contributed by atoms with Crippen molar-refractivity contribution >= 4 is 10.1 Å². The van der Waals surface area contributed by atoms with Crippen molar-refractivity contribution in [3.05, 3.63) is 29.8 Å². The Morgan fingerprint density at radius 2 is 1.19 bits per heavy atom. The lowest BCUT2D eigenvalue weighted by molar-refractivity contribution is -0.998. The highest BCUT2D eigenvalue weighted by molar-refractivity contribution is 7.85. The van der Waals surface area contributed by atoms with Crippen LogP contribution in [0.5, 0.6) is 0 Å². The van der Waals surface area contributed by atoms with E-state index in [-0.39, 0.29) is 4.90 Å². The van der Waals surface area contributed by atoms with Crippen LogP contribution in [0.1, 0.15) is 5.56 Å². The van der Waals surface area contributed by atoms with E-state index in [2.05, 4.69) is 28.2 Å². The number of benzene rings is 1. The van der Waals surface area contributed by atoms with Crippen LogP contribution in [0.3, 0.4) is 0 Å². The molecule has 1 aliphatic heterocycles. The third-order valence-electron chi connectivity index (χ3n) is 3.94. The van der Waals surface area contributed by atoms with E-state index in [4.69, 9.17) is 4.55 Å². The molecule has 5 nitrogen and oxygen atoms in total. The summed E-state index contributed by atoms with van der Waals surface area (Å²) >= 11 is 0. The summed E-state index contributed by atoms with van der Waals surface area (Å²) in [6, 6.07) is 5.99. The molecule has 0 unspecified atom stereocenters. The second kappa shape index (κ2) is 6.44. The first kappa shape index (κ1) is 18.1. The van der Waals surface area contributed by atoms with E-state index in [0.717, 1.165) is 5.56 Å². The zero-order chi connectivity index (χ0) is 16.3. The molecule has 0 saturated carbocycles. The average molecular weight is 316 g/mol. The summed E-state index contributed by atoms with van der Waals surface area (Å²) in [5.41, 5.74) is 0.956. The Morgan fingerprint density at radius 1 is 0.857 bits per heavy atom. The van der Waals surface area contributed by atoms with Gasteiger partial charge in [-0.15, -0.1) is 0 Å². The van der Waals surface area contributed by atoms with Gasteiger partial charge in [-0.2, -0.15) is 8.42 Å². The van der Waals surface area contributed by atoms with Gasteiger partial charge >= 0.3 is 0 Å². The molecule has 0 aromatic heterocycles. The van der Waals surface area contributed by atoms with Crippen LogP contribution < -0.4 is 0 Å². The molecule has 0 radical (unpaired) electrons. The molecule has 1 aromatic carbocycles. The molecule has 1 aliphatic rings. The zero-order valence-corrected chi connectivity index (χ0v) is 14.5. The quantitative estimate of drug-likeness (QED) is 0.629. The highest BCUT2D eigenvalue weighted by atomic mass is 32.2. The van der Waals surface area contributed by atoms with Crippen molar-refractivity contribution in [3.8, 4) is 0 Å². The Kier molecular flexibility index (Phi) is 5.55. The molecule has 1 aromatic rings. The Hall–Kier alpha value is -0.950. The van der Waals surface area contributed by atoms with Crippen LogP contribution in [-0.2, 0) is 10.1 Å². The SMILES string of the molecule is C[N+]1(C)CC[N+](C)(C)CC1.Cc1ccc(S(=O)(=O)O)cc1. The summed E-state index contributed by atoms with van der Waals surface area (Å²) in [5, 5.41) is 0. The topological polar surface area (TPSA) is 54.4 Å². The van der Waals surface area contributed by atoms with Gasteiger partial charge in [0.15, 0.2) is 0 Å². The molecule has 6 heteroatoms. The molecule has 0 aliphatic carbocycles. The minimum atomic E-state index is -4.02. The number of nitrogens with zero attached hydrogens (tertiary/aromatic N) is 2. The minimum Gasteiger partial charge on any atom is -0.319 e. The summed E-state index contributed by atoms with van der Waals surface area (Å²) in [4.78, 5) is -0.0666. The van der Waals surface area contributed by atoms with Crippen molar-refractivity contribution in [2.24, 2.45) is 0 Å². The maximum Gasteiger partial charge on any atom is 0.294 e. The van der Waals surface area contributed by atoms with Crippen LogP contribution in [0.2, 0.25) is 0 Å². The van der Waals surface area contributed by atoms with Crippen LogP contribution in [0.4, 0.5) is 0 Å². The average Bonchev–Trinajstić information content (AvgIpc) is 2.34. The highest BCUT2D eigenvalue weighted by Crippen LogP contribution is 2.10. The Morgan fingerprint density at radius 3 is 1.48 bits per heavy atom. The van der Waals surface area contributed by atoms with Gasteiger partial charge in [-0.25, -0.2) is 0 Å². The van der Waals surface area contributed by atoms with Gasteiger partial charge in [0.05, 0.1) is 33.1 Å². The van der Waals surface area contributed by atoms with Gasteiger partial charge in [-0.1, -0.05) is 17.7 Å². The normalized spacial score (nSPS) is 20.3. The molecule has 1 heterocycles. The van der Waals surface area contributed by atoms with Crippen LogP contribution in [-0.4, -0.2) is 76.3 Å². The lowest BCUT2D eigenvalue weighted by Gasteiger charge is -2.42. The van der Waals surface area contributed by atoms with Gasteiger partial charge in [0, 0.05) is 0 Å². The third-order valence-corrected chi connectivity index (χ3v) is 4.81. The van der Waals surface area contributed by atoms with Crippen LogP contribution in [0.15, 0.2) is 29.2 Å². The molecular weight excluding hydrogens is 288 g/mol. The van der Waals surface area contributed by atoms with Crippen molar-refractivity contribution in [1.29, 1.82) is 0 Å². The van der Waals surface area contributed by atoms with Crippen molar-refractivity contribution in [1.82, 2.24) is 0 Å². The highest BCUT2D eigenvalue weighted by Gasteiger charge is 2.30. The Bertz CT molecular complexity index is 535. The molecule has 1 fully saturated rings. The second-order valence-corrected chi connectivity index (χ2v) is 8.48. The van der Waals surface area contributed by atoms with Gasteiger partial charge in [0.25, 0.3) is 10.1 Å². The van der Waals surface area contributed by atoms with E-state index in [1.165, 1.54) is 47.3 Å². The predicted molar refractivity (Wildman–Crippen MR) is 84.7 cm³/mol. The minimum absolute atomic E-state index is 0.0666. The van der Waals surface area contributed by atoms with E-state index in [9.17, 15) is 8.42 Å². The molecular formula is C15H28N2O3S+2. The van der Waals surface area contributed by atoms with Gasteiger partial charge < -0.3 is 8.97 Å². The monoisotopic (exact) mass is 316 g/mol. The smallest absolute Gasteiger partial charge is 0.294 e. The summed E-state index contributed by atoms with van der Waals surface area (Å²) < 4.78 is 32.0. The number of hydrogen-bond acceptors (Lipinski definition) is 2. The number of quaternary nitrogens is 2. The van der Waals surface area contributed by atoms with E-state index in [1.54, 1.807) is 12.1 Å². The number of piperazine rings is 1. The number of likely N-dealkylation sites (N-methyl/N-ethyl adjacent to an activating group) is 2. The maximum atomic E-state index is 10.5. The summed E-state index contributed by atoms with van der Waals surface area (Å²) in [6.45, 7) is 7.15. The van der Waals surface area contributed by atoms with Crippen LogP contribution in [0, 0.1) is 6.92 Å². The van der Waals surface area contributed by atoms with E-state index < -0.39 is 10.1 Å². The zero-order valence-electron chi connectivity index (χ0n) is 13.7. The first-order valence-electron chi connectivity index (χ1n) is 7.10. The lowest BCUT2D eigenvalue weighted by atomic mass is 10.2. The second-order valence-electron chi connectivity index (χ2n) is 7.05. The summed E-state index contributed by atoms with van der Waals surface area (Å²) in [7, 11) is 5.25. The van der Waals surface area contributed by atoms with Crippen molar-refractivity contribution in [2.45, 2.75) is 11.8 Å². The fourth-order valence-corrected chi connectivity index (χ4v) is 2.50. The standard InChI is InChI=1S/C8H20N2.C7H8O3S/c1-9(2)5-7-10(3,4)8-6-9;1-6-2-4-7(5-3-6)11(8,9)10/h5-8H2,1-4H3;2-5H,1H3,(H,8,9,10)/q+2;. The van der Waals surface area contributed by atoms with Crippen molar-refractivity contribution < 1.29 is 21.9 Å².